The molecule has 0 unspecified atom stereocenters. The fraction of sp³-hybridized carbons (Fsp3) is 0. The highest BCUT2D eigenvalue weighted by atomic mass is 19.1. The van der Waals surface area contributed by atoms with Crippen molar-refractivity contribution in [3.8, 4) is 23.0 Å². The van der Waals surface area contributed by atoms with Crippen molar-refractivity contribution in [2.24, 2.45) is 0 Å². The van der Waals surface area contributed by atoms with Gasteiger partial charge in [0.2, 0.25) is 5.88 Å². The van der Waals surface area contributed by atoms with E-state index >= 15 is 0 Å². The lowest BCUT2D eigenvalue weighted by molar-refractivity contribution is 0.262. The van der Waals surface area contributed by atoms with Gasteiger partial charge in [0.15, 0.2) is 0 Å². The Kier molecular flexibility index (Phi) is 5.53. The first-order valence-electron chi connectivity index (χ1n) is 10.1. The van der Waals surface area contributed by atoms with E-state index in [-0.39, 0.29) is 23.0 Å². The highest BCUT2D eigenvalue weighted by Crippen LogP contribution is 2.31. The molecule has 2 amide bonds. The first-order chi connectivity index (χ1) is 16.5. The molecule has 5 rings (SSSR count). The SMILES string of the molecule is O=C(Nc1cccc(F)c1)Nc1ccc(Oc2ncnc3[nH]c(-c4ccccn4)cc23)cc1F. The Balaban J connectivity index is 1.33. The van der Waals surface area contributed by atoms with E-state index < -0.39 is 17.7 Å². The number of amides is 2. The summed E-state index contributed by atoms with van der Waals surface area (Å²) < 4.78 is 33.7. The van der Waals surface area contributed by atoms with E-state index in [0.29, 0.717) is 11.0 Å². The van der Waals surface area contributed by atoms with E-state index in [9.17, 15) is 13.6 Å². The molecule has 0 spiro atoms. The number of hydrogen-bond donors (Lipinski definition) is 3. The smallest absolute Gasteiger partial charge is 0.323 e. The molecule has 3 N–H and O–H groups in total. The molecule has 0 fully saturated rings. The standard InChI is InChI=1S/C24H16F2N6O2/c25-14-4-3-5-15(10-14)30-24(33)32-19-8-7-16(11-18(19)26)34-23-17-12-21(20-6-1-2-9-27-20)31-22(17)28-13-29-23/h1-13H,(H,28,29,31)(H2,30,32,33). The summed E-state index contributed by atoms with van der Waals surface area (Å²) in [6, 6.07) is 15.9. The number of nitrogens with zero attached hydrogens (tertiary/aromatic N) is 3. The number of rotatable bonds is 5. The van der Waals surface area contributed by atoms with Gasteiger partial charge in [-0.25, -0.2) is 23.5 Å². The van der Waals surface area contributed by atoms with Gasteiger partial charge in [-0.3, -0.25) is 4.98 Å². The van der Waals surface area contributed by atoms with Crippen LogP contribution < -0.4 is 15.4 Å². The van der Waals surface area contributed by atoms with E-state index in [2.05, 4.69) is 30.6 Å². The molecule has 2 aromatic carbocycles. The van der Waals surface area contributed by atoms with Gasteiger partial charge in [-0.2, -0.15) is 0 Å². The van der Waals surface area contributed by atoms with E-state index in [1.807, 2.05) is 18.2 Å². The van der Waals surface area contributed by atoms with Crippen LogP contribution in [0, 0.1) is 11.6 Å². The minimum Gasteiger partial charge on any atom is -0.438 e. The molecule has 8 nitrogen and oxygen atoms in total. The molecule has 0 bridgehead atoms. The van der Waals surface area contributed by atoms with Gasteiger partial charge in [0.1, 0.15) is 29.4 Å². The summed E-state index contributed by atoms with van der Waals surface area (Å²) in [7, 11) is 0. The predicted molar refractivity (Wildman–Crippen MR) is 123 cm³/mol. The van der Waals surface area contributed by atoms with Gasteiger partial charge in [0.05, 0.1) is 22.5 Å². The van der Waals surface area contributed by atoms with Gasteiger partial charge in [-0.15, -0.1) is 0 Å². The van der Waals surface area contributed by atoms with E-state index in [0.717, 1.165) is 23.5 Å². The Hall–Kier alpha value is -4.86. The molecular weight excluding hydrogens is 442 g/mol. The molecule has 3 aromatic heterocycles. The fourth-order valence-corrected chi connectivity index (χ4v) is 3.28. The number of fused-ring (bicyclic) bond motifs is 1. The van der Waals surface area contributed by atoms with Crippen molar-refractivity contribution in [2.75, 3.05) is 10.6 Å². The molecule has 0 aliphatic heterocycles. The predicted octanol–water partition coefficient (Wildman–Crippen LogP) is 5.73. The topological polar surface area (TPSA) is 105 Å². The lowest BCUT2D eigenvalue weighted by Crippen LogP contribution is -2.20. The number of anilines is 2. The fourth-order valence-electron chi connectivity index (χ4n) is 3.28. The van der Waals surface area contributed by atoms with Crippen LogP contribution in [-0.2, 0) is 0 Å². The van der Waals surface area contributed by atoms with Crippen molar-refractivity contribution in [3.63, 3.8) is 0 Å². The van der Waals surface area contributed by atoms with Gasteiger partial charge in [-0.1, -0.05) is 12.1 Å². The number of urea groups is 1. The number of H-pyrrole nitrogens is 1. The van der Waals surface area contributed by atoms with Gasteiger partial charge in [0, 0.05) is 18.0 Å². The summed E-state index contributed by atoms with van der Waals surface area (Å²) in [5.74, 6) is -0.819. The second-order valence-corrected chi connectivity index (χ2v) is 7.17. The van der Waals surface area contributed by atoms with Crippen molar-refractivity contribution in [2.45, 2.75) is 0 Å². The summed E-state index contributed by atoms with van der Waals surface area (Å²) in [6.07, 6.45) is 3.01. The molecule has 10 heteroatoms. The van der Waals surface area contributed by atoms with Gasteiger partial charge in [0.25, 0.3) is 0 Å². The second-order valence-electron chi connectivity index (χ2n) is 7.17. The summed E-state index contributed by atoms with van der Waals surface area (Å²) in [5, 5.41) is 5.41. The Bertz CT molecular complexity index is 1490. The van der Waals surface area contributed by atoms with Crippen LogP contribution >= 0.6 is 0 Å². The van der Waals surface area contributed by atoms with Gasteiger partial charge < -0.3 is 20.4 Å². The number of pyridine rings is 1. The van der Waals surface area contributed by atoms with Crippen LogP contribution in [-0.4, -0.2) is 26.0 Å². The average molecular weight is 458 g/mol. The number of benzene rings is 2. The summed E-state index contributed by atoms with van der Waals surface area (Å²) in [6.45, 7) is 0. The number of halogens is 2. The molecular formula is C24H16F2N6O2. The third kappa shape index (κ3) is 4.51. The monoisotopic (exact) mass is 458 g/mol. The molecule has 0 aliphatic carbocycles. The van der Waals surface area contributed by atoms with Crippen molar-refractivity contribution in [1.82, 2.24) is 19.9 Å². The number of carbonyl (C=O) groups excluding carboxylic acids is 1. The molecule has 0 saturated heterocycles. The molecule has 0 aliphatic rings. The zero-order chi connectivity index (χ0) is 23.5. The third-order valence-electron chi connectivity index (χ3n) is 4.82. The van der Waals surface area contributed by atoms with Crippen molar-refractivity contribution < 1.29 is 18.3 Å². The van der Waals surface area contributed by atoms with E-state index in [4.69, 9.17) is 4.74 Å². The lowest BCUT2D eigenvalue weighted by atomic mass is 10.2. The number of carbonyl (C=O) groups is 1. The highest BCUT2D eigenvalue weighted by molar-refractivity contribution is 5.99. The quantitative estimate of drug-likeness (QED) is 0.312. The number of hydrogen-bond acceptors (Lipinski definition) is 5. The Morgan fingerprint density at radius 1 is 0.912 bits per heavy atom. The summed E-state index contributed by atoms with van der Waals surface area (Å²) >= 11 is 0. The van der Waals surface area contributed by atoms with Crippen LogP contribution in [0.1, 0.15) is 0 Å². The second kappa shape index (κ2) is 8.94. The molecule has 34 heavy (non-hydrogen) atoms. The van der Waals surface area contributed by atoms with Crippen LogP contribution in [0.15, 0.2) is 79.3 Å². The maximum absolute atomic E-state index is 14.6. The van der Waals surface area contributed by atoms with Gasteiger partial charge >= 0.3 is 6.03 Å². The van der Waals surface area contributed by atoms with E-state index in [1.165, 1.54) is 36.7 Å². The molecule has 168 valence electrons. The Morgan fingerprint density at radius 3 is 2.62 bits per heavy atom. The average Bonchev–Trinajstić information content (AvgIpc) is 3.27. The first kappa shape index (κ1) is 21.0. The number of nitrogens with one attached hydrogen (secondary N) is 3. The largest absolute Gasteiger partial charge is 0.438 e. The maximum Gasteiger partial charge on any atom is 0.323 e. The molecule has 0 atom stereocenters. The zero-order valence-electron chi connectivity index (χ0n) is 17.4. The number of aromatic nitrogens is 4. The van der Waals surface area contributed by atoms with Crippen LogP contribution in [0.3, 0.4) is 0 Å². The normalized spacial score (nSPS) is 10.8. The highest BCUT2D eigenvalue weighted by Gasteiger charge is 2.14. The first-order valence-corrected chi connectivity index (χ1v) is 10.1. The number of ether oxygens (including phenoxy) is 1. The van der Waals surface area contributed by atoms with Crippen LogP contribution in [0.4, 0.5) is 25.0 Å². The maximum atomic E-state index is 14.6. The molecule has 5 aromatic rings. The molecule has 0 saturated carbocycles. The van der Waals surface area contributed by atoms with Crippen molar-refractivity contribution >= 4 is 28.4 Å². The molecule has 3 heterocycles. The summed E-state index contributed by atoms with van der Waals surface area (Å²) in [5.41, 5.74) is 2.16. The minimum atomic E-state index is -0.722. The summed E-state index contributed by atoms with van der Waals surface area (Å²) in [4.78, 5) is 27.9. The van der Waals surface area contributed by atoms with Crippen LogP contribution in [0.25, 0.3) is 22.4 Å². The van der Waals surface area contributed by atoms with Gasteiger partial charge in [-0.05, 0) is 48.5 Å². The Labute approximate surface area is 191 Å². The lowest BCUT2D eigenvalue weighted by Gasteiger charge is -2.10. The van der Waals surface area contributed by atoms with Crippen LogP contribution in [0.2, 0.25) is 0 Å². The number of aromatic amines is 1. The Morgan fingerprint density at radius 2 is 1.82 bits per heavy atom. The van der Waals surface area contributed by atoms with Crippen molar-refractivity contribution in [3.05, 3.63) is 90.9 Å². The molecule has 0 radical (unpaired) electrons. The van der Waals surface area contributed by atoms with Crippen molar-refractivity contribution in [1.29, 1.82) is 0 Å². The zero-order valence-corrected chi connectivity index (χ0v) is 17.4. The van der Waals surface area contributed by atoms with Crippen LogP contribution in [0.5, 0.6) is 11.6 Å². The van der Waals surface area contributed by atoms with E-state index in [1.54, 1.807) is 12.3 Å². The third-order valence-corrected chi connectivity index (χ3v) is 4.82. The minimum absolute atomic E-state index is 0.0758.